The Morgan fingerprint density at radius 3 is 2.15 bits per heavy atom. The molecule has 0 aliphatic carbocycles. The summed E-state index contributed by atoms with van der Waals surface area (Å²) < 4.78 is 67.0. The average molecular weight is 218 g/mol. The van der Waals surface area contributed by atoms with E-state index in [1.165, 1.54) is 0 Å². The van der Waals surface area contributed by atoms with Crippen LogP contribution in [-0.2, 0) is 16.5 Å². The molecule has 0 aliphatic heterocycles. The molecular weight excluding hydrogens is 216 g/mol. The minimum atomic E-state index is -5.13. The van der Waals surface area contributed by atoms with Crippen LogP contribution in [0.5, 0.6) is 0 Å². The molecule has 0 N–H and O–H groups in total. The number of halogens is 4. The second kappa shape index (κ2) is 2.69. The van der Waals surface area contributed by atoms with Crippen LogP contribution in [0, 0.1) is 0 Å². The standard InChI is InChI=1S/C4H2F4N2O2S/c5-4(6,7)10-2-3(1-9-10)13(8,11)12/h1-2H. The molecule has 13 heavy (non-hydrogen) atoms. The molecule has 0 aliphatic rings. The van der Waals surface area contributed by atoms with Crippen LogP contribution < -0.4 is 0 Å². The summed E-state index contributed by atoms with van der Waals surface area (Å²) >= 11 is 0. The summed E-state index contributed by atoms with van der Waals surface area (Å²) in [5.41, 5.74) is 0. The van der Waals surface area contributed by atoms with Gasteiger partial charge in [0.25, 0.3) is 0 Å². The Morgan fingerprint density at radius 1 is 1.38 bits per heavy atom. The number of rotatable bonds is 1. The van der Waals surface area contributed by atoms with E-state index in [-0.39, 0.29) is 12.4 Å². The van der Waals surface area contributed by atoms with E-state index in [9.17, 15) is 25.5 Å². The number of hydrogen-bond acceptors (Lipinski definition) is 3. The molecule has 0 atom stereocenters. The van der Waals surface area contributed by atoms with Crippen molar-refractivity contribution in [3.05, 3.63) is 12.4 Å². The van der Waals surface area contributed by atoms with E-state index in [1.54, 1.807) is 0 Å². The minimum absolute atomic E-state index is 0.0509. The summed E-state index contributed by atoms with van der Waals surface area (Å²) in [6, 6.07) is 0. The molecule has 74 valence electrons. The molecule has 9 heteroatoms. The zero-order valence-electron chi connectivity index (χ0n) is 5.79. The van der Waals surface area contributed by atoms with E-state index in [0.29, 0.717) is 0 Å². The molecule has 0 aromatic carbocycles. The van der Waals surface area contributed by atoms with E-state index < -0.39 is 26.1 Å². The summed E-state index contributed by atoms with van der Waals surface area (Å²) in [5, 5.41) is 2.63. The van der Waals surface area contributed by atoms with Gasteiger partial charge in [0.1, 0.15) is 4.90 Å². The zero-order valence-corrected chi connectivity index (χ0v) is 6.60. The van der Waals surface area contributed by atoms with E-state index in [1.807, 2.05) is 0 Å². The number of hydrogen-bond donors (Lipinski definition) is 0. The summed E-state index contributed by atoms with van der Waals surface area (Å²) in [6.07, 6.45) is -4.51. The lowest BCUT2D eigenvalue weighted by atomic mass is 10.7. The molecule has 0 bridgehead atoms. The molecule has 0 unspecified atom stereocenters. The topological polar surface area (TPSA) is 52.0 Å². The van der Waals surface area contributed by atoms with E-state index in [4.69, 9.17) is 0 Å². The lowest BCUT2D eigenvalue weighted by Gasteiger charge is -2.03. The van der Waals surface area contributed by atoms with Crippen LogP contribution in [0.3, 0.4) is 0 Å². The van der Waals surface area contributed by atoms with Crippen molar-refractivity contribution in [3.63, 3.8) is 0 Å². The van der Waals surface area contributed by atoms with Crippen molar-refractivity contribution in [1.82, 2.24) is 9.78 Å². The molecule has 1 heterocycles. The van der Waals surface area contributed by atoms with Gasteiger partial charge in [0.2, 0.25) is 0 Å². The molecular formula is C4H2F4N2O2S. The SMILES string of the molecule is O=S(=O)(F)c1cnn(C(F)(F)F)c1. The van der Waals surface area contributed by atoms with E-state index >= 15 is 0 Å². The van der Waals surface area contributed by atoms with Gasteiger partial charge in [-0.3, -0.25) is 0 Å². The minimum Gasteiger partial charge on any atom is -0.189 e. The molecule has 1 aromatic rings. The molecule has 0 saturated carbocycles. The Kier molecular flexibility index (Phi) is 2.06. The van der Waals surface area contributed by atoms with Crippen molar-refractivity contribution >= 4 is 10.2 Å². The Bertz CT molecular complexity index is 406. The normalized spacial score (nSPS) is 13.2. The zero-order chi connectivity index (χ0) is 10.3. The van der Waals surface area contributed by atoms with E-state index in [2.05, 4.69) is 5.10 Å². The van der Waals surface area contributed by atoms with Gasteiger partial charge in [-0.1, -0.05) is 0 Å². The van der Waals surface area contributed by atoms with Crippen molar-refractivity contribution in [2.45, 2.75) is 11.2 Å². The van der Waals surface area contributed by atoms with Gasteiger partial charge in [-0.25, -0.2) is 0 Å². The first-order valence-electron chi connectivity index (χ1n) is 2.78. The molecule has 0 spiro atoms. The highest BCUT2D eigenvalue weighted by molar-refractivity contribution is 7.86. The Balaban J connectivity index is 3.16. The number of alkyl halides is 3. The maximum atomic E-state index is 12.1. The van der Waals surface area contributed by atoms with Crippen LogP contribution in [0.25, 0.3) is 0 Å². The molecule has 1 aromatic heterocycles. The van der Waals surface area contributed by atoms with Gasteiger partial charge < -0.3 is 0 Å². The van der Waals surface area contributed by atoms with Gasteiger partial charge in [0.05, 0.1) is 12.4 Å². The highest BCUT2D eigenvalue weighted by Crippen LogP contribution is 2.22. The maximum absolute atomic E-state index is 12.1. The fourth-order valence-electron chi connectivity index (χ4n) is 0.571. The van der Waals surface area contributed by atoms with Crippen LogP contribution in [0.4, 0.5) is 17.1 Å². The molecule has 0 fully saturated rings. The van der Waals surface area contributed by atoms with Crippen molar-refractivity contribution in [2.75, 3.05) is 0 Å². The Labute approximate surface area is 70.0 Å². The number of nitrogens with zero attached hydrogens (tertiary/aromatic N) is 2. The first-order chi connectivity index (χ1) is 5.71. The lowest BCUT2D eigenvalue weighted by Crippen LogP contribution is -2.16. The van der Waals surface area contributed by atoms with Gasteiger partial charge in [-0.2, -0.15) is 18.2 Å². The van der Waals surface area contributed by atoms with Gasteiger partial charge in [0, 0.05) is 0 Å². The average Bonchev–Trinajstić information content (AvgIpc) is 2.28. The van der Waals surface area contributed by atoms with Crippen molar-refractivity contribution < 1.29 is 25.5 Å². The van der Waals surface area contributed by atoms with Crippen molar-refractivity contribution in [1.29, 1.82) is 0 Å². The molecule has 4 nitrogen and oxygen atoms in total. The third-order valence-electron chi connectivity index (χ3n) is 1.10. The third kappa shape index (κ3) is 2.17. The third-order valence-corrected chi connectivity index (χ3v) is 1.87. The predicted molar refractivity (Wildman–Crippen MR) is 31.8 cm³/mol. The predicted octanol–water partition coefficient (Wildman–Crippen LogP) is 1.02. The largest absolute Gasteiger partial charge is 0.504 e. The molecule has 1 rings (SSSR count). The van der Waals surface area contributed by atoms with Crippen LogP contribution in [-0.4, -0.2) is 18.2 Å². The summed E-state index contributed by atoms with van der Waals surface area (Å²) in [6.45, 7) is 0. The molecule has 0 saturated heterocycles. The van der Waals surface area contributed by atoms with Gasteiger partial charge in [0.15, 0.2) is 0 Å². The maximum Gasteiger partial charge on any atom is 0.504 e. The van der Waals surface area contributed by atoms with Crippen molar-refractivity contribution in [2.24, 2.45) is 0 Å². The molecule has 0 radical (unpaired) electrons. The highest BCUT2D eigenvalue weighted by atomic mass is 32.3. The van der Waals surface area contributed by atoms with Gasteiger partial charge in [-0.05, 0) is 0 Å². The summed E-state index contributed by atoms with van der Waals surface area (Å²) in [4.78, 5) is -1.12. The van der Waals surface area contributed by atoms with Crippen LogP contribution in [0.1, 0.15) is 0 Å². The van der Waals surface area contributed by atoms with Crippen LogP contribution in [0.15, 0.2) is 17.3 Å². The second-order valence-corrected chi connectivity index (χ2v) is 3.37. The quantitative estimate of drug-likeness (QED) is 0.522. The Hall–Kier alpha value is -1.12. The highest BCUT2D eigenvalue weighted by Gasteiger charge is 2.33. The first-order valence-corrected chi connectivity index (χ1v) is 4.16. The van der Waals surface area contributed by atoms with Crippen molar-refractivity contribution in [3.8, 4) is 0 Å². The van der Waals surface area contributed by atoms with Crippen LogP contribution in [0.2, 0.25) is 0 Å². The number of aromatic nitrogens is 2. The molecule has 0 amide bonds. The smallest absolute Gasteiger partial charge is 0.189 e. The fraction of sp³-hybridized carbons (Fsp3) is 0.250. The summed E-state index contributed by atoms with van der Waals surface area (Å²) in [7, 11) is -5.13. The van der Waals surface area contributed by atoms with E-state index in [0.717, 1.165) is 0 Å². The fourth-order valence-corrected chi connectivity index (χ4v) is 0.970. The second-order valence-electron chi connectivity index (χ2n) is 2.03. The monoisotopic (exact) mass is 218 g/mol. The lowest BCUT2D eigenvalue weighted by molar-refractivity contribution is -0.212. The Morgan fingerprint density at radius 2 is 1.92 bits per heavy atom. The van der Waals surface area contributed by atoms with Gasteiger partial charge in [-0.15, -0.1) is 17.1 Å². The van der Waals surface area contributed by atoms with Crippen LogP contribution >= 0.6 is 0 Å². The first kappa shape index (κ1) is 9.96. The summed E-state index contributed by atoms with van der Waals surface area (Å²) in [5.74, 6) is 0. The van der Waals surface area contributed by atoms with Gasteiger partial charge >= 0.3 is 16.5 Å².